The summed E-state index contributed by atoms with van der Waals surface area (Å²) >= 11 is 0. The average Bonchev–Trinajstić information content (AvgIpc) is 3.01. The standard InChI is InChI=1S/C14H19N5/c1-2-11(6-15-4-1)7-17-14-18-9-13(10-19-14)12-3-5-16-8-12/h3,5,8-11,15-16H,1-2,4,6-7H2,(H,17,18,19). The van der Waals surface area contributed by atoms with E-state index in [1.165, 1.54) is 12.8 Å². The Morgan fingerprint density at radius 1 is 1.26 bits per heavy atom. The van der Waals surface area contributed by atoms with E-state index in [9.17, 15) is 0 Å². The fraction of sp³-hybridized carbons (Fsp3) is 0.429. The van der Waals surface area contributed by atoms with Gasteiger partial charge in [0.05, 0.1) is 0 Å². The van der Waals surface area contributed by atoms with E-state index in [2.05, 4.69) is 25.6 Å². The highest BCUT2D eigenvalue weighted by Gasteiger charge is 2.12. The molecular weight excluding hydrogens is 238 g/mol. The summed E-state index contributed by atoms with van der Waals surface area (Å²) < 4.78 is 0. The maximum Gasteiger partial charge on any atom is 0.222 e. The van der Waals surface area contributed by atoms with Gasteiger partial charge in [0.1, 0.15) is 0 Å². The van der Waals surface area contributed by atoms with Crippen molar-refractivity contribution in [1.82, 2.24) is 20.3 Å². The van der Waals surface area contributed by atoms with Crippen LogP contribution in [0.15, 0.2) is 30.9 Å². The Morgan fingerprint density at radius 2 is 2.16 bits per heavy atom. The highest BCUT2D eigenvalue weighted by Crippen LogP contribution is 2.17. The van der Waals surface area contributed by atoms with Crippen LogP contribution in [-0.4, -0.2) is 34.6 Å². The molecule has 2 aromatic heterocycles. The lowest BCUT2D eigenvalue weighted by atomic mass is 10.00. The number of anilines is 1. The molecule has 0 aliphatic carbocycles. The number of hydrogen-bond donors (Lipinski definition) is 3. The van der Waals surface area contributed by atoms with Crippen molar-refractivity contribution < 1.29 is 0 Å². The van der Waals surface area contributed by atoms with Gasteiger partial charge in [-0.2, -0.15) is 0 Å². The zero-order valence-electron chi connectivity index (χ0n) is 10.9. The minimum absolute atomic E-state index is 0.682. The van der Waals surface area contributed by atoms with Crippen molar-refractivity contribution in [1.29, 1.82) is 0 Å². The molecule has 5 nitrogen and oxygen atoms in total. The largest absolute Gasteiger partial charge is 0.367 e. The molecule has 0 amide bonds. The summed E-state index contributed by atoms with van der Waals surface area (Å²) in [5.74, 6) is 1.39. The number of aromatic amines is 1. The van der Waals surface area contributed by atoms with Crippen LogP contribution in [-0.2, 0) is 0 Å². The Morgan fingerprint density at radius 3 is 2.84 bits per heavy atom. The molecule has 1 fully saturated rings. The Labute approximate surface area is 112 Å². The predicted molar refractivity (Wildman–Crippen MR) is 75.9 cm³/mol. The highest BCUT2D eigenvalue weighted by atomic mass is 15.1. The quantitative estimate of drug-likeness (QED) is 0.782. The molecule has 0 aromatic carbocycles. The van der Waals surface area contributed by atoms with Crippen molar-refractivity contribution >= 4 is 5.95 Å². The summed E-state index contributed by atoms with van der Waals surface area (Å²) in [6.45, 7) is 3.18. The third kappa shape index (κ3) is 3.12. The molecule has 1 aliphatic heterocycles. The third-order valence-corrected chi connectivity index (χ3v) is 3.53. The third-order valence-electron chi connectivity index (χ3n) is 3.53. The van der Waals surface area contributed by atoms with Crippen LogP contribution in [0.5, 0.6) is 0 Å². The van der Waals surface area contributed by atoms with Gasteiger partial charge in [-0.1, -0.05) is 0 Å². The first-order valence-electron chi connectivity index (χ1n) is 6.81. The van der Waals surface area contributed by atoms with E-state index < -0.39 is 0 Å². The predicted octanol–water partition coefficient (Wildman–Crippen LogP) is 1.88. The number of aromatic nitrogens is 3. The summed E-state index contributed by atoms with van der Waals surface area (Å²) in [5.41, 5.74) is 2.15. The molecule has 100 valence electrons. The summed E-state index contributed by atoms with van der Waals surface area (Å²) in [6, 6.07) is 2.01. The zero-order chi connectivity index (χ0) is 12.9. The molecule has 0 saturated carbocycles. The molecule has 1 aliphatic rings. The number of hydrogen-bond acceptors (Lipinski definition) is 4. The zero-order valence-corrected chi connectivity index (χ0v) is 10.9. The monoisotopic (exact) mass is 257 g/mol. The van der Waals surface area contributed by atoms with Crippen LogP contribution in [0.1, 0.15) is 12.8 Å². The van der Waals surface area contributed by atoms with E-state index in [4.69, 9.17) is 0 Å². The van der Waals surface area contributed by atoms with Gasteiger partial charge < -0.3 is 15.6 Å². The van der Waals surface area contributed by atoms with E-state index in [1.54, 1.807) is 0 Å². The lowest BCUT2D eigenvalue weighted by Gasteiger charge is -2.22. The van der Waals surface area contributed by atoms with Crippen LogP contribution in [0.4, 0.5) is 5.95 Å². The van der Waals surface area contributed by atoms with Gasteiger partial charge in [-0.15, -0.1) is 0 Å². The average molecular weight is 257 g/mol. The van der Waals surface area contributed by atoms with Gasteiger partial charge in [0.2, 0.25) is 5.95 Å². The first-order chi connectivity index (χ1) is 9.42. The molecule has 1 atom stereocenters. The van der Waals surface area contributed by atoms with Crippen LogP contribution < -0.4 is 10.6 Å². The first kappa shape index (κ1) is 12.2. The maximum absolute atomic E-state index is 4.36. The minimum Gasteiger partial charge on any atom is -0.367 e. The molecular formula is C14H19N5. The molecule has 19 heavy (non-hydrogen) atoms. The van der Waals surface area contributed by atoms with E-state index in [0.29, 0.717) is 11.9 Å². The number of rotatable bonds is 4. The van der Waals surface area contributed by atoms with Crippen LogP contribution >= 0.6 is 0 Å². The normalized spacial score (nSPS) is 19.3. The Bertz CT molecular complexity index is 485. The Balaban J connectivity index is 1.57. The van der Waals surface area contributed by atoms with E-state index in [-0.39, 0.29) is 0 Å². The van der Waals surface area contributed by atoms with Crippen LogP contribution in [0, 0.1) is 5.92 Å². The number of nitrogens with one attached hydrogen (secondary N) is 3. The van der Waals surface area contributed by atoms with E-state index in [1.807, 2.05) is 30.9 Å². The SMILES string of the molecule is c1cc(-c2cnc(NCC3CCCNC3)nc2)c[nH]1. The molecule has 0 radical (unpaired) electrons. The molecule has 0 bridgehead atoms. The van der Waals surface area contributed by atoms with E-state index >= 15 is 0 Å². The van der Waals surface area contributed by atoms with Crippen LogP contribution in [0.25, 0.3) is 11.1 Å². The van der Waals surface area contributed by atoms with Crippen molar-refractivity contribution in [3.63, 3.8) is 0 Å². The smallest absolute Gasteiger partial charge is 0.222 e. The number of piperidine rings is 1. The number of H-pyrrole nitrogens is 1. The second kappa shape index (κ2) is 5.84. The summed E-state index contributed by atoms with van der Waals surface area (Å²) in [7, 11) is 0. The second-order valence-corrected chi connectivity index (χ2v) is 4.99. The molecule has 3 N–H and O–H groups in total. The Hall–Kier alpha value is -1.88. The maximum atomic E-state index is 4.36. The molecule has 2 aromatic rings. The van der Waals surface area contributed by atoms with Crippen LogP contribution in [0.3, 0.4) is 0 Å². The molecule has 1 saturated heterocycles. The molecule has 3 rings (SSSR count). The molecule has 0 spiro atoms. The fourth-order valence-electron chi connectivity index (χ4n) is 2.41. The summed E-state index contributed by atoms with van der Waals surface area (Å²) in [6.07, 6.45) is 10.1. The number of nitrogens with zero attached hydrogens (tertiary/aromatic N) is 2. The van der Waals surface area contributed by atoms with Gasteiger partial charge in [-0.25, -0.2) is 9.97 Å². The van der Waals surface area contributed by atoms with Gasteiger partial charge >= 0.3 is 0 Å². The van der Waals surface area contributed by atoms with Gasteiger partial charge in [-0.3, -0.25) is 0 Å². The molecule has 3 heterocycles. The summed E-state index contributed by atoms with van der Waals surface area (Å²) in [5, 5.41) is 6.73. The lowest BCUT2D eigenvalue weighted by Crippen LogP contribution is -2.33. The van der Waals surface area contributed by atoms with Gasteiger partial charge in [0.25, 0.3) is 0 Å². The van der Waals surface area contributed by atoms with Crippen molar-refractivity contribution in [2.45, 2.75) is 12.8 Å². The van der Waals surface area contributed by atoms with E-state index in [0.717, 1.165) is 30.8 Å². The van der Waals surface area contributed by atoms with Crippen molar-refractivity contribution in [3.05, 3.63) is 30.9 Å². The second-order valence-electron chi connectivity index (χ2n) is 4.99. The summed E-state index contributed by atoms with van der Waals surface area (Å²) in [4.78, 5) is 11.8. The van der Waals surface area contributed by atoms with Crippen molar-refractivity contribution in [2.24, 2.45) is 5.92 Å². The minimum atomic E-state index is 0.682. The van der Waals surface area contributed by atoms with Gasteiger partial charge in [-0.05, 0) is 37.9 Å². The fourth-order valence-corrected chi connectivity index (χ4v) is 2.41. The molecule has 1 unspecified atom stereocenters. The van der Waals surface area contributed by atoms with Crippen molar-refractivity contribution in [3.8, 4) is 11.1 Å². The highest BCUT2D eigenvalue weighted by molar-refractivity contribution is 5.60. The van der Waals surface area contributed by atoms with Gasteiger partial charge in [0.15, 0.2) is 0 Å². The Kier molecular flexibility index (Phi) is 3.74. The van der Waals surface area contributed by atoms with Gasteiger partial charge in [0, 0.05) is 42.5 Å². The molecule has 5 heteroatoms. The first-order valence-corrected chi connectivity index (χ1v) is 6.81. The topological polar surface area (TPSA) is 65.6 Å². The lowest BCUT2D eigenvalue weighted by molar-refractivity contribution is 0.392. The van der Waals surface area contributed by atoms with Crippen LogP contribution in [0.2, 0.25) is 0 Å². The van der Waals surface area contributed by atoms with Crippen molar-refractivity contribution in [2.75, 3.05) is 25.0 Å².